The molecule has 3 N–H and O–H groups in total. The summed E-state index contributed by atoms with van der Waals surface area (Å²) in [5.74, 6) is -0.192. The molecular weight excluding hydrogens is 193 g/mol. The van der Waals surface area contributed by atoms with Crippen LogP contribution in [0.4, 0.5) is 21.6 Å². The van der Waals surface area contributed by atoms with Crippen molar-refractivity contribution in [3.8, 4) is 0 Å². The number of rotatable bonds is 2. The highest BCUT2D eigenvalue weighted by Gasteiger charge is 2.01. The summed E-state index contributed by atoms with van der Waals surface area (Å²) in [6.45, 7) is 0. The Morgan fingerprint density at radius 2 is 2.07 bits per heavy atom. The minimum Gasteiger partial charge on any atom is -0.399 e. The van der Waals surface area contributed by atoms with E-state index in [0.717, 1.165) is 0 Å². The highest BCUT2D eigenvalue weighted by atomic mass is 19.1. The highest BCUT2D eigenvalue weighted by molar-refractivity contribution is 5.61. The largest absolute Gasteiger partial charge is 0.399 e. The first-order valence-corrected chi connectivity index (χ1v) is 4.49. The van der Waals surface area contributed by atoms with Crippen molar-refractivity contribution in [1.82, 2.24) is 4.98 Å². The van der Waals surface area contributed by atoms with Gasteiger partial charge in [0.1, 0.15) is 0 Å². The molecule has 0 radical (unpaired) electrons. The summed E-state index contributed by atoms with van der Waals surface area (Å²) in [4.78, 5) is 3.88. The summed E-state index contributed by atoms with van der Waals surface area (Å²) in [7, 11) is 0. The van der Waals surface area contributed by atoms with Crippen LogP contribution in [0.3, 0.4) is 0 Å². The van der Waals surface area contributed by atoms with E-state index < -0.39 is 0 Å². The number of benzene rings is 1. The van der Waals surface area contributed by atoms with Crippen LogP contribution >= 0.6 is 0 Å². The Balaban J connectivity index is 2.26. The average Bonchev–Trinajstić information content (AvgIpc) is 2.22. The van der Waals surface area contributed by atoms with E-state index in [1.165, 1.54) is 12.3 Å². The van der Waals surface area contributed by atoms with Gasteiger partial charge < -0.3 is 11.1 Å². The van der Waals surface area contributed by atoms with E-state index in [9.17, 15) is 4.39 Å². The third-order valence-electron chi connectivity index (χ3n) is 1.91. The Labute approximate surface area is 86.8 Å². The minimum atomic E-state index is -0.389. The van der Waals surface area contributed by atoms with E-state index in [4.69, 9.17) is 5.73 Å². The van der Waals surface area contributed by atoms with E-state index >= 15 is 0 Å². The molecular formula is C11H10FN3. The first-order chi connectivity index (χ1) is 7.25. The lowest BCUT2D eigenvalue weighted by Crippen LogP contribution is -1.96. The number of halogens is 1. The Bertz CT molecular complexity index is 471. The molecule has 0 aliphatic rings. The number of nitrogens with one attached hydrogen (secondary N) is 1. The highest BCUT2D eigenvalue weighted by Crippen LogP contribution is 2.18. The maximum absolute atomic E-state index is 13.2. The van der Waals surface area contributed by atoms with E-state index in [2.05, 4.69) is 10.3 Å². The standard InChI is InChI=1S/C11H10FN3/c12-10-5-2-6-14-11(10)15-9-4-1-3-8(13)7-9/h1-7H,13H2,(H,14,15). The zero-order chi connectivity index (χ0) is 10.7. The molecule has 0 bridgehead atoms. The summed E-state index contributed by atoms with van der Waals surface area (Å²) in [5.41, 5.74) is 6.93. The molecule has 0 atom stereocenters. The molecule has 0 aliphatic carbocycles. The first kappa shape index (κ1) is 9.45. The molecule has 0 amide bonds. The second-order valence-corrected chi connectivity index (χ2v) is 3.08. The van der Waals surface area contributed by atoms with Gasteiger partial charge in [0, 0.05) is 17.6 Å². The molecule has 76 valence electrons. The fourth-order valence-electron chi connectivity index (χ4n) is 1.23. The Morgan fingerprint density at radius 3 is 2.80 bits per heavy atom. The van der Waals surface area contributed by atoms with Crippen LogP contribution in [0.1, 0.15) is 0 Å². The van der Waals surface area contributed by atoms with Crippen molar-refractivity contribution >= 4 is 17.2 Å². The Hall–Kier alpha value is -2.10. The molecule has 2 rings (SSSR count). The van der Waals surface area contributed by atoms with Crippen molar-refractivity contribution < 1.29 is 4.39 Å². The molecule has 3 nitrogen and oxygen atoms in total. The topological polar surface area (TPSA) is 50.9 Å². The molecule has 1 aromatic carbocycles. The quantitative estimate of drug-likeness (QED) is 0.737. The Kier molecular flexibility index (Phi) is 2.49. The van der Waals surface area contributed by atoms with Crippen LogP contribution in [0.2, 0.25) is 0 Å². The van der Waals surface area contributed by atoms with Gasteiger partial charge >= 0.3 is 0 Å². The number of hydrogen-bond acceptors (Lipinski definition) is 3. The SMILES string of the molecule is Nc1cccc(Nc2ncccc2F)c1. The zero-order valence-corrected chi connectivity index (χ0v) is 7.94. The third-order valence-corrected chi connectivity index (χ3v) is 1.91. The molecule has 1 heterocycles. The van der Waals surface area contributed by atoms with E-state index in [0.29, 0.717) is 11.4 Å². The second-order valence-electron chi connectivity index (χ2n) is 3.08. The fraction of sp³-hybridized carbons (Fsp3) is 0. The monoisotopic (exact) mass is 203 g/mol. The maximum Gasteiger partial charge on any atom is 0.166 e. The van der Waals surface area contributed by atoms with Crippen molar-refractivity contribution in [3.05, 3.63) is 48.4 Å². The van der Waals surface area contributed by atoms with E-state index in [1.54, 1.807) is 30.3 Å². The summed E-state index contributed by atoms with van der Waals surface area (Å²) >= 11 is 0. The number of nitrogens with zero attached hydrogens (tertiary/aromatic N) is 1. The predicted molar refractivity (Wildman–Crippen MR) is 58.3 cm³/mol. The van der Waals surface area contributed by atoms with Crippen molar-refractivity contribution in [3.63, 3.8) is 0 Å². The van der Waals surface area contributed by atoms with Gasteiger partial charge in [0.15, 0.2) is 11.6 Å². The van der Waals surface area contributed by atoms with Gasteiger partial charge in [-0.2, -0.15) is 0 Å². The molecule has 0 aliphatic heterocycles. The summed E-state index contributed by atoms with van der Waals surface area (Å²) in [6.07, 6.45) is 1.53. The van der Waals surface area contributed by atoms with Gasteiger partial charge in [-0.15, -0.1) is 0 Å². The second kappa shape index (κ2) is 3.96. The van der Waals surface area contributed by atoms with Gasteiger partial charge in [-0.25, -0.2) is 9.37 Å². The third kappa shape index (κ3) is 2.22. The lowest BCUT2D eigenvalue weighted by molar-refractivity contribution is 0.626. The normalized spacial score (nSPS) is 9.93. The lowest BCUT2D eigenvalue weighted by atomic mass is 10.3. The average molecular weight is 203 g/mol. The lowest BCUT2D eigenvalue weighted by Gasteiger charge is -2.06. The molecule has 0 fully saturated rings. The van der Waals surface area contributed by atoms with Crippen LogP contribution in [0.25, 0.3) is 0 Å². The molecule has 1 aromatic heterocycles. The van der Waals surface area contributed by atoms with Gasteiger partial charge in [0.2, 0.25) is 0 Å². The van der Waals surface area contributed by atoms with Crippen LogP contribution in [-0.4, -0.2) is 4.98 Å². The minimum absolute atomic E-state index is 0.197. The molecule has 0 spiro atoms. The van der Waals surface area contributed by atoms with Gasteiger partial charge in [0.25, 0.3) is 0 Å². The van der Waals surface area contributed by atoms with Gasteiger partial charge in [0.05, 0.1) is 0 Å². The predicted octanol–water partition coefficient (Wildman–Crippen LogP) is 2.55. The molecule has 0 saturated heterocycles. The summed E-state index contributed by atoms with van der Waals surface area (Å²) in [5, 5.41) is 2.85. The number of anilines is 3. The van der Waals surface area contributed by atoms with E-state index in [1.807, 2.05) is 0 Å². The van der Waals surface area contributed by atoms with Crippen LogP contribution in [0.15, 0.2) is 42.6 Å². The number of pyridine rings is 1. The zero-order valence-electron chi connectivity index (χ0n) is 7.94. The van der Waals surface area contributed by atoms with Crippen LogP contribution in [-0.2, 0) is 0 Å². The number of aromatic nitrogens is 1. The van der Waals surface area contributed by atoms with Gasteiger partial charge in [-0.3, -0.25) is 0 Å². The molecule has 15 heavy (non-hydrogen) atoms. The molecule has 0 saturated carbocycles. The van der Waals surface area contributed by atoms with Crippen LogP contribution in [0, 0.1) is 5.82 Å². The fourth-order valence-corrected chi connectivity index (χ4v) is 1.23. The molecule has 4 heteroatoms. The summed E-state index contributed by atoms with van der Waals surface area (Å²) < 4.78 is 13.2. The molecule has 0 unspecified atom stereocenters. The Morgan fingerprint density at radius 1 is 1.20 bits per heavy atom. The van der Waals surface area contributed by atoms with Crippen LogP contribution in [0.5, 0.6) is 0 Å². The van der Waals surface area contributed by atoms with Gasteiger partial charge in [-0.05, 0) is 30.3 Å². The maximum atomic E-state index is 13.2. The van der Waals surface area contributed by atoms with Crippen LogP contribution < -0.4 is 11.1 Å². The van der Waals surface area contributed by atoms with Crippen molar-refractivity contribution in [2.45, 2.75) is 0 Å². The van der Waals surface area contributed by atoms with Crippen molar-refractivity contribution in [2.75, 3.05) is 11.1 Å². The number of nitrogens with two attached hydrogens (primary N) is 1. The number of nitrogen functional groups attached to an aromatic ring is 1. The van der Waals surface area contributed by atoms with Crippen molar-refractivity contribution in [2.24, 2.45) is 0 Å². The summed E-state index contributed by atoms with van der Waals surface area (Å²) in [6, 6.07) is 9.96. The number of hydrogen-bond donors (Lipinski definition) is 2. The molecule has 2 aromatic rings. The van der Waals surface area contributed by atoms with Crippen molar-refractivity contribution in [1.29, 1.82) is 0 Å². The first-order valence-electron chi connectivity index (χ1n) is 4.49. The smallest absolute Gasteiger partial charge is 0.166 e. The van der Waals surface area contributed by atoms with Gasteiger partial charge in [-0.1, -0.05) is 6.07 Å². The van der Waals surface area contributed by atoms with E-state index in [-0.39, 0.29) is 11.6 Å².